The van der Waals surface area contributed by atoms with Gasteiger partial charge in [0, 0.05) is 60.1 Å². The molecule has 0 saturated heterocycles. The van der Waals surface area contributed by atoms with Gasteiger partial charge in [-0.3, -0.25) is 0 Å². The van der Waals surface area contributed by atoms with Crippen LogP contribution in [0.4, 0.5) is 0 Å². The van der Waals surface area contributed by atoms with E-state index in [1.165, 1.54) is 21.9 Å². The molecule has 0 aliphatic carbocycles. The molecule has 0 saturated carbocycles. The van der Waals surface area contributed by atoms with Crippen LogP contribution in [0.5, 0.6) is 0 Å². The molecule has 0 bridgehead atoms. The maximum Gasteiger partial charge on any atom is 0.160 e. The Morgan fingerprint density at radius 1 is 0.286 bits per heavy atom. The first kappa shape index (κ1) is 44.4. The van der Waals surface area contributed by atoms with Crippen molar-refractivity contribution in [3.63, 3.8) is 0 Å². The highest BCUT2D eigenvalue weighted by atomic mass is 16.3. The zero-order valence-electron chi connectivity index (χ0n) is 42.3. The fourth-order valence-corrected chi connectivity index (χ4v) is 11.7. The van der Waals surface area contributed by atoms with E-state index in [1.54, 1.807) is 0 Å². The first-order valence-electron chi connectivity index (χ1n) is 26.2. The summed E-state index contributed by atoms with van der Waals surface area (Å²) in [4.78, 5) is 10.8. The lowest BCUT2D eigenvalue weighted by atomic mass is 9.86. The Morgan fingerprint density at radius 3 is 1.23 bits per heavy atom. The number of aryl methyl sites for hydroxylation is 2. The average Bonchev–Trinajstić information content (AvgIpc) is 4.19. The number of para-hydroxylation sites is 2. The van der Waals surface area contributed by atoms with Gasteiger partial charge in [0.05, 0.1) is 28.1 Å². The number of benzene rings is 11. The van der Waals surface area contributed by atoms with Crippen molar-refractivity contribution in [3.05, 3.63) is 260 Å². The third-order valence-corrected chi connectivity index (χ3v) is 15.3. The van der Waals surface area contributed by atoms with Crippen LogP contribution in [0.15, 0.2) is 258 Å². The molecule has 5 heteroatoms. The Morgan fingerprint density at radius 2 is 0.714 bits per heavy atom. The lowest BCUT2D eigenvalue weighted by Gasteiger charge is -2.24. The molecule has 5 nitrogen and oxygen atoms in total. The summed E-state index contributed by atoms with van der Waals surface area (Å²) in [7, 11) is 0. The third-order valence-electron chi connectivity index (χ3n) is 15.3. The van der Waals surface area contributed by atoms with Crippen LogP contribution < -0.4 is 0 Å². The second kappa shape index (κ2) is 17.8. The van der Waals surface area contributed by atoms with E-state index in [-0.39, 0.29) is 0 Å². The molecule has 0 atom stereocenters. The van der Waals surface area contributed by atoms with Gasteiger partial charge in [-0.2, -0.15) is 0 Å². The Balaban J connectivity index is 1.09. The average molecular weight is 986 g/mol. The Labute approximate surface area is 444 Å². The molecule has 15 aromatic rings. The fourth-order valence-electron chi connectivity index (χ4n) is 11.7. The van der Waals surface area contributed by atoms with Gasteiger partial charge in [0.1, 0.15) is 22.3 Å². The quantitative estimate of drug-likeness (QED) is 0.152. The van der Waals surface area contributed by atoms with Crippen LogP contribution in [0.25, 0.3) is 150 Å². The molecule has 15 rings (SSSR count). The fraction of sp³-hybridized carbons (Fsp3) is 0.0278. The van der Waals surface area contributed by atoms with Crippen LogP contribution in [-0.4, -0.2) is 14.5 Å². The molecule has 0 amide bonds. The van der Waals surface area contributed by atoms with E-state index in [1.807, 2.05) is 36.4 Å². The molecule has 0 fully saturated rings. The van der Waals surface area contributed by atoms with Crippen LogP contribution in [0.3, 0.4) is 0 Å². The topological polar surface area (TPSA) is 57.0 Å². The van der Waals surface area contributed by atoms with Crippen molar-refractivity contribution in [1.82, 2.24) is 14.5 Å². The van der Waals surface area contributed by atoms with Crippen molar-refractivity contribution in [2.75, 3.05) is 0 Å². The van der Waals surface area contributed by atoms with Crippen LogP contribution >= 0.6 is 0 Å². The lowest BCUT2D eigenvalue weighted by molar-refractivity contribution is 0.668. The predicted octanol–water partition coefficient (Wildman–Crippen LogP) is 19.7. The summed E-state index contributed by atoms with van der Waals surface area (Å²) >= 11 is 0. The van der Waals surface area contributed by atoms with Gasteiger partial charge in [0.15, 0.2) is 5.82 Å². The number of rotatable bonds is 8. The number of hydrogen-bond donors (Lipinski definition) is 0. The Kier molecular flexibility index (Phi) is 10.3. The van der Waals surface area contributed by atoms with Crippen molar-refractivity contribution in [1.29, 1.82) is 0 Å². The van der Waals surface area contributed by atoms with Gasteiger partial charge < -0.3 is 13.4 Å². The minimum Gasteiger partial charge on any atom is -0.456 e. The number of hydrogen-bond acceptors (Lipinski definition) is 4. The summed E-state index contributed by atoms with van der Waals surface area (Å²) in [5.74, 6) is 0.657. The number of furan rings is 2. The second-order valence-corrected chi connectivity index (χ2v) is 20.2. The molecule has 77 heavy (non-hydrogen) atoms. The van der Waals surface area contributed by atoms with Crippen molar-refractivity contribution < 1.29 is 8.83 Å². The van der Waals surface area contributed by atoms with Crippen molar-refractivity contribution in [2.45, 2.75) is 13.8 Å². The van der Waals surface area contributed by atoms with E-state index in [9.17, 15) is 0 Å². The summed E-state index contributed by atoms with van der Waals surface area (Å²) in [6.45, 7) is 4.37. The van der Waals surface area contributed by atoms with Gasteiger partial charge in [0.25, 0.3) is 0 Å². The number of fused-ring (bicyclic) bond motifs is 9. The van der Waals surface area contributed by atoms with E-state index in [0.717, 1.165) is 133 Å². The highest BCUT2D eigenvalue weighted by molar-refractivity contribution is 6.13. The smallest absolute Gasteiger partial charge is 0.160 e. The monoisotopic (exact) mass is 985 g/mol. The summed E-state index contributed by atoms with van der Waals surface area (Å²) < 4.78 is 15.3. The molecule has 0 N–H and O–H groups in total. The largest absolute Gasteiger partial charge is 0.456 e. The minimum atomic E-state index is 0.657. The van der Waals surface area contributed by atoms with E-state index in [0.29, 0.717) is 5.82 Å². The summed E-state index contributed by atoms with van der Waals surface area (Å²) in [5, 5.41) is 6.75. The Bertz CT molecular complexity index is 4530. The number of nitrogens with zero attached hydrogens (tertiary/aromatic N) is 3. The van der Waals surface area contributed by atoms with Gasteiger partial charge >= 0.3 is 0 Å². The molecule has 0 aliphatic heterocycles. The zero-order chi connectivity index (χ0) is 51.1. The third kappa shape index (κ3) is 7.46. The molecular weight excluding hydrogens is 939 g/mol. The Hall–Kier alpha value is -10.1. The summed E-state index contributed by atoms with van der Waals surface area (Å²) in [6.07, 6.45) is 0. The molecule has 0 unspecified atom stereocenters. The molecule has 4 heterocycles. The molecule has 4 aromatic heterocycles. The van der Waals surface area contributed by atoms with Crippen LogP contribution in [0.1, 0.15) is 11.1 Å². The standard InChI is InChI=1S/C72H47N3O2/c1-44-29-33-65-57(37-44)58-38-45(2)30-34-66(58)75(65)71-61(53-23-11-9-21-51(53)48-31-35-69-59(39-48)55-25-13-15-27-67(55)76-69)41-50(64-43-63(46-17-5-3-6-18-46)73-72(74-64)47-19-7-4-8-20-47)42-62(71)54-24-12-10-22-52(54)49-32-36-70-60(40-49)56-26-14-16-28-68(56)77-70/h3-43H,1-2H3. The number of aromatic nitrogens is 3. The van der Waals surface area contributed by atoms with E-state index in [4.69, 9.17) is 18.8 Å². The summed E-state index contributed by atoms with van der Waals surface area (Å²) in [5.41, 5.74) is 22.4. The van der Waals surface area contributed by atoms with Crippen molar-refractivity contribution in [3.8, 4) is 84.1 Å². The summed E-state index contributed by atoms with van der Waals surface area (Å²) in [6, 6.07) is 89.0. The van der Waals surface area contributed by atoms with E-state index < -0.39 is 0 Å². The van der Waals surface area contributed by atoms with Gasteiger partial charge in [-0.15, -0.1) is 0 Å². The second-order valence-electron chi connectivity index (χ2n) is 20.2. The predicted molar refractivity (Wildman–Crippen MR) is 318 cm³/mol. The molecule has 0 spiro atoms. The minimum absolute atomic E-state index is 0.657. The molecule has 0 radical (unpaired) electrons. The highest BCUT2D eigenvalue weighted by Gasteiger charge is 2.26. The van der Waals surface area contributed by atoms with E-state index in [2.05, 4.69) is 231 Å². The van der Waals surface area contributed by atoms with Crippen molar-refractivity contribution in [2.24, 2.45) is 0 Å². The van der Waals surface area contributed by atoms with Gasteiger partial charge in [-0.25, -0.2) is 9.97 Å². The van der Waals surface area contributed by atoms with Crippen LogP contribution in [-0.2, 0) is 0 Å². The molecular formula is C72H47N3O2. The molecule has 362 valence electrons. The van der Waals surface area contributed by atoms with Crippen molar-refractivity contribution >= 4 is 65.7 Å². The first-order valence-corrected chi connectivity index (χ1v) is 26.2. The highest BCUT2D eigenvalue weighted by Crippen LogP contribution is 2.49. The molecule has 0 aliphatic rings. The molecule has 11 aromatic carbocycles. The maximum absolute atomic E-state index is 6.40. The van der Waals surface area contributed by atoms with E-state index >= 15 is 0 Å². The van der Waals surface area contributed by atoms with Crippen LogP contribution in [0.2, 0.25) is 0 Å². The van der Waals surface area contributed by atoms with Crippen LogP contribution in [0, 0.1) is 13.8 Å². The lowest BCUT2D eigenvalue weighted by Crippen LogP contribution is -2.04. The van der Waals surface area contributed by atoms with Gasteiger partial charge in [0.2, 0.25) is 0 Å². The van der Waals surface area contributed by atoms with Gasteiger partial charge in [-0.05, 0) is 126 Å². The maximum atomic E-state index is 6.40. The SMILES string of the molecule is Cc1ccc2c(c1)c1cc(C)ccc1n2-c1c(-c2ccccc2-c2ccc3oc4ccccc4c3c2)cc(-c2cc(-c3ccccc3)nc(-c3ccccc3)n2)cc1-c1ccccc1-c1ccc2oc3ccccc3c2c1. The zero-order valence-corrected chi connectivity index (χ0v) is 42.3. The first-order chi connectivity index (χ1) is 38.0. The normalized spacial score (nSPS) is 11.8. The van der Waals surface area contributed by atoms with Gasteiger partial charge in [-0.1, -0.05) is 181 Å².